The van der Waals surface area contributed by atoms with Crippen molar-refractivity contribution >= 4 is 23.2 Å². The van der Waals surface area contributed by atoms with E-state index in [0.29, 0.717) is 17.3 Å². The van der Waals surface area contributed by atoms with E-state index in [4.69, 9.17) is 0 Å². The summed E-state index contributed by atoms with van der Waals surface area (Å²) < 4.78 is 13.0. The highest BCUT2D eigenvalue weighted by atomic mass is 19.1. The van der Waals surface area contributed by atoms with Crippen LogP contribution in [0.5, 0.6) is 0 Å². The highest BCUT2D eigenvalue weighted by molar-refractivity contribution is 6.03. The van der Waals surface area contributed by atoms with Gasteiger partial charge in [0, 0.05) is 17.1 Å². The minimum Gasteiger partial charge on any atom is -0.324 e. The number of carbonyl (C=O) groups excluding carboxylic acids is 1. The molecule has 27 heavy (non-hydrogen) atoms. The monoisotopic (exact) mass is 364 g/mol. The Balaban J connectivity index is 1.86. The lowest BCUT2D eigenvalue weighted by atomic mass is 10.1. The molecule has 1 aromatic heterocycles. The SMILES string of the molecule is CCc1cccc(C)c1Nc1nc(C)cc(C(=O)Nc2ccc(F)cc2)n1. The van der Waals surface area contributed by atoms with Gasteiger partial charge in [0.2, 0.25) is 5.95 Å². The highest BCUT2D eigenvalue weighted by Crippen LogP contribution is 2.24. The first-order valence-electron chi connectivity index (χ1n) is 8.74. The van der Waals surface area contributed by atoms with E-state index in [1.807, 2.05) is 25.1 Å². The fourth-order valence-electron chi connectivity index (χ4n) is 2.78. The first-order chi connectivity index (χ1) is 13.0. The largest absolute Gasteiger partial charge is 0.324 e. The van der Waals surface area contributed by atoms with Gasteiger partial charge in [-0.1, -0.05) is 25.1 Å². The molecule has 6 heteroatoms. The van der Waals surface area contributed by atoms with Crippen LogP contribution in [0, 0.1) is 19.7 Å². The molecular formula is C21H21FN4O. The van der Waals surface area contributed by atoms with E-state index in [0.717, 1.165) is 23.2 Å². The maximum absolute atomic E-state index is 13.0. The van der Waals surface area contributed by atoms with E-state index in [1.54, 1.807) is 13.0 Å². The molecule has 3 rings (SSSR count). The number of carbonyl (C=O) groups is 1. The number of benzene rings is 2. The summed E-state index contributed by atoms with van der Waals surface area (Å²) in [5.41, 5.74) is 4.59. The normalized spacial score (nSPS) is 10.5. The predicted molar refractivity (Wildman–Crippen MR) is 105 cm³/mol. The molecule has 0 fully saturated rings. The van der Waals surface area contributed by atoms with Gasteiger partial charge in [0.05, 0.1) is 0 Å². The molecule has 0 atom stereocenters. The van der Waals surface area contributed by atoms with Crippen LogP contribution < -0.4 is 10.6 Å². The molecule has 0 bridgehead atoms. The van der Waals surface area contributed by atoms with E-state index < -0.39 is 0 Å². The number of rotatable bonds is 5. The Hall–Kier alpha value is -3.28. The van der Waals surface area contributed by atoms with E-state index in [-0.39, 0.29) is 17.4 Å². The van der Waals surface area contributed by atoms with Gasteiger partial charge in [-0.2, -0.15) is 0 Å². The van der Waals surface area contributed by atoms with E-state index in [1.165, 1.54) is 24.3 Å². The standard InChI is InChI=1S/C21H21FN4O/c1-4-15-7-5-6-13(2)19(15)26-21-23-14(3)12-18(25-21)20(27)24-17-10-8-16(22)9-11-17/h5-12H,4H2,1-3H3,(H,24,27)(H,23,25,26). The molecule has 0 aliphatic heterocycles. The van der Waals surface area contributed by atoms with Crippen LogP contribution in [-0.4, -0.2) is 15.9 Å². The van der Waals surface area contributed by atoms with E-state index in [9.17, 15) is 9.18 Å². The van der Waals surface area contributed by atoms with Crippen molar-refractivity contribution in [3.8, 4) is 0 Å². The van der Waals surface area contributed by atoms with Crippen molar-refractivity contribution in [1.82, 2.24) is 9.97 Å². The van der Waals surface area contributed by atoms with Crippen molar-refractivity contribution in [2.75, 3.05) is 10.6 Å². The molecule has 0 spiro atoms. The third kappa shape index (κ3) is 4.47. The first kappa shape index (κ1) is 18.5. The van der Waals surface area contributed by atoms with Gasteiger partial charge in [0.15, 0.2) is 0 Å². The van der Waals surface area contributed by atoms with Crippen LogP contribution in [0.15, 0.2) is 48.5 Å². The molecule has 0 aliphatic carbocycles. The Labute approximate surface area is 157 Å². The molecular weight excluding hydrogens is 343 g/mol. The summed E-state index contributed by atoms with van der Waals surface area (Å²) in [6.07, 6.45) is 0.869. The summed E-state index contributed by atoms with van der Waals surface area (Å²) in [6.45, 7) is 5.90. The zero-order chi connectivity index (χ0) is 19.4. The van der Waals surface area contributed by atoms with Crippen molar-refractivity contribution < 1.29 is 9.18 Å². The summed E-state index contributed by atoms with van der Waals surface area (Å²) in [4.78, 5) is 21.3. The van der Waals surface area contributed by atoms with Crippen LogP contribution in [0.4, 0.5) is 21.7 Å². The molecule has 0 aliphatic rings. The second kappa shape index (κ2) is 7.95. The number of aryl methyl sites for hydroxylation is 3. The maximum Gasteiger partial charge on any atom is 0.274 e. The van der Waals surface area contributed by atoms with Crippen LogP contribution in [-0.2, 0) is 6.42 Å². The lowest BCUT2D eigenvalue weighted by Crippen LogP contribution is -2.15. The predicted octanol–water partition coefficient (Wildman–Crippen LogP) is 4.79. The van der Waals surface area contributed by atoms with Gasteiger partial charge in [0.1, 0.15) is 11.5 Å². The zero-order valence-corrected chi connectivity index (χ0v) is 15.5. The zero-order valence-electron chi connectivity index (χ0n) is 15.5. The number of hydrogen-bond acceptors (Lipinski definition) is 4. The Morgan fingerprint density at radius 3 is 2.52 bits per heavy atom. The van der Waals surface area contributed by atoms with Gasteiger partial charge in [-0.05, 0) is 61.7 Å². The Morgan fingerprint density at radius 1 is 1.07 bits per heavy atom. The Bertz CT molecular complexity index is 970. The number of nitrogens with zero attached hydrogens (tertiary/aromatic N) is 2. The molecule has 0 saturated carbocycles. The lowest BCUT2D eigenvalue weighted by Gasteiger charge is -2.14. The number of nitrogens with one attached hydrogen (secondary N) is 2. The number of anilines is 3. The number of aromatic nitrogens is 2. The van der Waals surface area contributed by atoms with Crippen molar-refractivity contribution in [3.63, 3.8) is 0 Å². The quantitative estimate of drug-likeness (QED) is 0.683. The van der Waals surface area contributed by atoms with Gasteiger partial charge in [-0.3, -0.25) is 4.79 Å². The third-order valence-electron chi connectivity index (χ3n) is 4.17. The smallest absolute Gasteiger partial charge is 0.274 e. The molecule has 0 radical (unpaired) electrons. The van der Waals surface area contributed by atoms with Crippen LogP contribution in [0.3, 0.4) is 0 Å². The molecule has 0 unspecified atom stereocenters. The second-order valence-electron chi connectivity index (χ2n) is 6.27. The minimum absolute atomic E-state index is 0.237. The fourth-order valence-corrected chi connectivity index (χ4v) is 2.78. The highest BCUT2D eigenvalue weighted by Gasteiger charge is 2.13. The van der Waals surface area contributed by atoms with Crippen LogP contribution in [0.2, 0.25) is 0 Å². The maximum atomic E-state index is 13.0. The van der Waals surface area contributed by atoms with Crippen molar-refractivity contribution in [2.24, 2.45) is 0 Å². The van der Waals surface area contributed by atoms with Gasteiger partial charge in [-0.25, -0.2) is 14.4 Å². The van der Waals surface area contributed by atoms with Crippen LogP contribution >= 0.6 is 0 Å². The Kier molecular flexibility index (Phi) is 5.45. The van der Waals surface area contributed by atoms with Gasteiger partial charge in [0.25, 0.3) is 5.91 Å². The summed E-state index contributed by atoms with van der Waals surface area (Å²) in [5.74, 6) is -0.374. The van der Waals surface area contributed by atoms with Crippen LogP contribution in [0.1, 0.15) is 34.2 Å². The summed E-state index contributed by atoms with van der Waals surface area (Å²) in [5, 5.41) is 5.96. The van der Waals surface area contributed by atoms with Crippen LogP contribution in [0.25, 0.3) is 0 Å². The fraction of sp³-hybridized carbons (Fsp3) is 0.190. The number of amides is 1. The molecule has 0 saturated heterocycles. The van der Waals surface area contributed by atoms with Gasteiger partial charge in [-0.15, -0.1) is 0 Å². The average Bonchev–Trinajstić information content (AvgIpc) is 2.65. The second-order valence-corrected chi connectivity index (χ2v) is 6.27. The first-order valence-corrected chi connectivity index (χ1v) is 8.74. The molecule has 1 heterocycles. The lowest BCUT2D eigenvalue weighted by molar-refractivity contribution is 0.102. The topological polar surface area (TPSA) is 66.9 Å². The summed E-state index contributed by atoms with van der Waals surface area (Å²) in [6, 6.07) is 13.3. The van der Waals surface area contributed by atoms with Gasteiger partial charge < -0.3 is 10.6 Å². The molecule has 1 amide bonds. The van der Waals surface area contributed by atoms with E-state index in [2.05, 4.69) is 27.5 Å². The molecule has 138 valence electrons. The molecule has 2 N–H and O–H groups in total. The van der Waals surface area contributed by atoms with Crippen molar-refractivity contribution in [1.29, 1.82) is 0 Å². The summed E-state index contributed by atoms with van der Waals surface area (Å²) >= 11 is 0. The number of halogens is 1. The van der Waals surface area contributed by atoms with Crippen molar-refractivity contribution in [2.45, 2.75) is 27.2 Å². The Morgan fingerprint density at radius 2 is 1.81 bits per heavy atom. The van der Waals surface area contributed by atoms with E-state index >= 15 is 0 Å². The van der Waals surface area contributed by atoms with Crippen molar-refractivity contribution in [3.05, 3.63) is 76.9 Å². The minimum atomic E-state index is -0.379. The number of hydrogen-bond donors (Lipinski definition) is 2. The average molecular weight is 364 g/mol. The summed E-state index contributed by atoms with van der Waals surface area (Å²) in [7, 11) is 0. The third-order valence-corrected chi connectivity index (χ3v) is 4.17. The molecule has 3 aromatic rings. The molecule has 5 nitrogen and oxygen atoms in total. The van der Waals surface area contributed by atoms with Gasteiger partial charge >= 0.3 is 0 Å². The molecule has 2 aromatic carbocycles. The number of para-hydroxylation sites is 1.